The smallest absolute Gasteiger partial charge is 0.258 e. The van der Waals surface area contributed by atoms with E-state index in [4.69, 9.17) is 32.7 Å². The highest BCUT2D eigenvalue weighted by Crippen LogP contribution is 2.28. The Bertz CT molecular complexity index is 1580. The SMILES string of the molecule is COCc1nc2c(C(=O)Nc3cccc(Cl)c3C)cc(NC(=O)c3cc(CCCOC(C)(C)C)ccc3Cl)cc2[nH]1. The van der Waals surface area contributed by atoms with Crippen molar-refractivity contribution < 1.29 is 19.1 Å². The van der Waals surface area contributed by atoms with Crippen LogP contribution in [0.3, 0.4) is 0 Å². The lowest BCUT2D eigenvalue weighted by Gasteiger charge is -2.19. The maximum Gasteiger partial charge on any atom is 0.258 e. The number of benzene rings is 3. The highest BCUT2D eigenvalue weighted by Gasteiger charge is 2.19. The lowest BCUT2D eigenvalue weighted by atomic mass is 10.1. The number of hydrogen-bond donors (Lipinski definition) is 3. The van der Waals surface area contributed by atoms with Gasteiger partial charge in [-0.1, -0.05) is 35.3 Å². The van der Waals surface area contributed by atoms with Gasteiger partial charge >= 0.3 is 0 Å². The van der Waals surface area contributed by atoms with Gasteiger partial charge in [0, 0.05) is 30.1 Å². The Labute approximate surface area is 249 Å². The number of imidazole rings is 1. The number of aromatic amines is 1. The van der Waals surface area contributed by atoms with Gasteiger partial charge in [-0.15, -0.1) is 0 Å². The molecule has 1 aromatic heterocycles. The predicted octanol–water partition coefficient (Wildman–Crippen LogP) is 7.58. The number of nitrogens with one attached hydrogen (secondary N) is 3. The van der Waals surface area contributed by atoms with Crippen LogP contribution in [0.4, 0.5) is 11.4 Å². The lowest BCUT2D eigenvalue weighted by Crippen LogP contribution is -2.20. The summed E-state index contributed by atoms with van der Waals surface area (Å²) in [4.78, 5) is 34.5. The van der Waals surface area contributed by atoms with Crippen LogP contribution in [0.25, 0.3) is 11.0 Å². The van der Waals surface area contributed by atoms with Crippen LogP contribution in [0.5, 0.6) is 0 Å². The quantitative estimate of drug-likeness (QED) is 0.164. The number of aromatic nitrogens is 2. The van der Waals surface area contributed by atoms with E-state index < -0.39 is 11.8 Å². The summed E-state index contributed by atoms with van der Waals surface area (Å²) in [7, 11) is 1.56. The van der Waals surface area contributed by atoms with Gasteiger partial charge in [0.05, 0.1) is 27.3 Å². The van der Waals surface area contributed by atoms with Crippen LogP contribution in [0.1, 0.15) is 64.9 Å². The molecule has 0 aliphatic heterocycles. The van der Waals surface area contributed by atoms with Gasteiger partial charge in [-0.3, -0.25) is 9.59 Å². The number of nitrogens with zero attached hydrogens (tertiary/aromatic N) is 1. The molecule has 0 unspecified atom stereocenters. The number of fused-ring (bicyclic) bond motifs is 1. The van der Waals surface area contributed by atoms with Crippen LogP contribution in [0.15, 0.2) is 48.5 Å². The van der Waals surface area contributed by atoms with Crippen molar-refractivity contribution in [2.75, 3.05) is 24.4 Å². The zero-order valence-corrected chi connectivity index (χ0v) is 25.3. The van der Waals surface area contributed by atoms with E-state index in [-0.39, 0.29) is 17.8 Å². The molecule has 4 aromatic rings. The van der Waals surface area contributed by atoms with Crippen molar-refractivity contribution >= 4 is 57.4 Å². The minimum atomic E-state index is -0.399. The number of anilines is 2. The number of carbonyl (C=O) groups excluding carboxylic acids is 2. The van der Waals surface area contributed by atoms with Crippen LogP contribution in [-0.2, 0) is 22.5 Å². The van der Waals surface area contributed by atoms with Crippen LogP contribution in [-0.4, -0.2) is 41.1 Å². The second-order valence-electron chi connectivity index (χ2n) is 10.7. The van der Waals surface area contributed by atoms with E-state index in [9.17, 15) is 9.59 Å². The molecular weight excluding hydrogens is 563 g/mol. The number of carbonyl (C=O) groups is 2. The van der Waals surface area contributed by atoms with Gasteiger partial charge in [0.1, 0.15) is 17.9 Å². The molecule has 8 nitrogen and oxygen atoms in total. The Balaban J connectivity index is 1.60. The average Bonchev–Trinajstić information content (AvgIpc) is 3.31. The summed E-state index contributed by atoms with van der Waals surface area (Å²) in [6, 6.07) is 14.0. The number of ether oxygens (including phenoxy) is 2. The first-order chi connectivity index (χ1) is 19.4. The van der Waals surface area contributed by atoms with E-state index in [1.165, 1.54) is 0 Å². The first kappa shape index (κ1) is 30.5. The summed E-state index contributed by atoms with van der Waals surface area (Å²) >= 11 is 12.7. The van der Waals surface area contributed by atoms with Gasteiger partial charge in [-0.05, 0) is 88.1 Å². The van der Waals surface area contributed by atoms with Crippen LogP contribution >= 0.6 is 23.2 Å². The van der Waals surface area contributed by atoms with E-state index in [0.29, 0.717) is 50.4 Å². The maximum atomic E-state index is 13.5. The van der Waals surface area contributed by atoms with E-state index in [0.717, 1.165) is 24.0 Å². The number of aryl methyl sites for hydroxylation is 1. The Hall–Kier alpha value is -3.43. The molecule has 3 N–H and O–H groups in total. The third-order valence-electron chi connectivity index (χ3n) is 6.36. The second kappa shape index (κ2) is 13.0. The van der Waals surface area contributed by atoms with Crippen LogP contribution in [0, 0.1) is 6.92 Å². The van der Waals surface area contributed by atoms with Gasteiger partial charge < -0.3 is 25.1 Å². The monoisotopic (exact) mass is 596 g/mol. The molecule has 4 rings (SSSR count). The molecule has 0 saturated heterocycles. The number of methoxy groups -OCH3 is 1. The highest BCUT2D eigenvalue weighted by molar-refractivity contribution is 6.34. The zero-order valence-electron chi connectivity index (χ0n) is 23.8. The molecule has 0 bridgehead atoms. The molecule has 0 spiro atoms. The lowest BCUT2D eigenvalue weighted by molar-refractivity contribution is -0.00385. The summed E-state index contributed by atoms with van der Waals surface area (Å²) in [6.45, 7) is 8.72. The second-order valence-corrected chi connectivity index (χ2v) is 11.6. The fourth-order valence-corrected chi connectivity index (χ4v) is 4.68. The number of hydrogen-bond acceptors (Lipinski definition) is 5. The Kier molecular flexibility index (Phi) is 9.71. The Morgan fingerprint density at radius 3 is 2.46 bits per heavy atom. The molecular formula is C31H34Cl2N4O4. The summed E-state index contributed by atoms with van der Waals surface area (Å²) in [5.41, 5.74) is 4.13. The normalized spacial score (nSPS) is 11.6. The summed E-state index contributed by atoms with van der Waals surface area (Å²) in [5.74, 6) is -0.245. The molecule has 0 aliphatic carbocycles. The van der Waals surface area contributed by atoms with Gasteiger partial charge in [-0.25, -0.2) is 4.98 Å². The predicted molar refractivity (Wildman–Crippen MR) is 164 cm³/mol. The zero-order chi connectivity index (χ0) is 29.7. The molecule has 10 heteroatoms. The molecule has 41 heavy (non-hydrogen) atoms. The third kappa shape index (κ3) is 7.86. The van der Waals surface area contributed by atoms with E-state index >= 15 is 0 Å². The Morgan fingerprint density at radius 2 is 1.73 bits per heavy atom. The van der Waals surface area contributed by atoms with Gasteiger partial charge in [-0.2, -0.15) is 0 Å². The number of halogens is 2. The van der Waals surface area contributed by atoms with Crippen molar-refractivity contribution in [3.8, 4) is 0 Å². The summed E-state index contributed by atoms with van der Waals surface area (Å²) in [6.07, 6.45) is 1.55. The van der Waals surface area contributed by atoms with Gasteiger partial charge in [0.25, 0.3) is 11.8 Å². The number of rotatable bonds is 10. The molecule has 0 aliphatic rings. The fraction of sp³-hybridized carbons (Fsp3) is 0.323. The molecule has 0 atom stereocenters. The van der Waals surface area contributed by atoms with E-state index in [1.807, 2.05) is 33.8 Å². The van der Waals surface area contributed by atoms with Crippen LogP contribution in [0.2, 0.25) is 10.0 Å². The van der Waals surface area contributed by atoms with Crippen molar-refractivity contribution in [2.45, 2.75) is 52.7 Å². The van der Waals surface area contributed by atoms with Crippen molar-refractivity contribution in [3.05, 3.63) is 86.7 Å². The van der Waals surface area contributed by atoms with E-state index in [2.05, 4.69) is 20.6 Å². The average molecular weight is 598 g/mol. The third-order valence-corrected chi connectivity index (χ3v) is 7.09. The minimum Gasteiger partial charge on any atom is -0.377 e. The molecule has 2 amide bonds. The van der Waals surface area contributed by atoms with Crippen LogP contribution < -0.4 is 10.6 Å². The van der Waals surface area contributed by atoms with E-state index in [1.54, 1.807) is 49.6 Å². The van der Waals surface area contributed by atoms with Crippen molar-refractivity contribution in [2.24, 2.45) is 0 Å². The largest absolute Gasteiger partial charge is 0.377 e. The highest BCUT2D eigenvalue weighted by atomic mass is 35.5. The number of H-pyrrole nitrogens is 1. The molecule has 0 radical (unpaired) electrons. The maximum absolute atomic E-state index is 13.5. The molecule has 1 heterocycles. The van der Waals surface area contributed by atoms with Gasteiger partial charge in [0.2, 0.25) is 0 Å². The minimum absolute atomic E-state index is 0.201. The first-order valence-electron chi connectivity index (χ1n) is 13.3. The first-order valence-corrected chi connectivity index (χ1v) is 14.0. The fourth-order valence-electron chi connectivity index (χ4n) is 4.31. The summed E-state index contributed by atoms with van der Waals surface area (Å²) < 4.78 is 11.0. The topological polar surface area (TPSA) is 105 Å². The van der Waals surface area contributed by atoms with Crippen molar-refractivity contribution in [3.63, 3.8) is 0 Å². The standard InChI is InChI=1S/C31H34Cl2N4O4/c1-18-23(32)9-6-10-25(18)36-30(39)22-15-20(16-26-28(22)37-27(35-26)17-40-5)34-29(38)21-14-19(11-12-24(21)33)8-7-13-41-31(2,3)4/h6,9-12,14-16H,7-8,13,17H2,1-5H3,(H,34,38)(H,35,37)(H,36,39). The molecule has 216 valence electrons. The number of amides is 2. The molecule has 0 fully saturated rings. The van der Waals surface area contributed by atoms with Crippen molar-refractivity contribution in [1.29, 1.82) is 0 Å². The Morgan fingerprint density at radius 1 is 0.976 bits per heavy atom. The summed E-state index contributed by atoms with van der Waals surface area (Å²) in [5, 5.41) is 6.68. The van der Waals surface area contributed by atoms with Gasteiger partial charge in [0.15, 0.2) is 0 Å². The molecule has 3 aromatic carbocycles. The van der Waals surface area contributed by atoms with Crippen molar-refractivity contribution in [1.82, 2.24) is 9.97 Å². The molecule has 0 saturated carbocycles.